The van der Waals surface area contributed by atoms with Crippen LogP contribution in [0.2, 0.25) is 0 Å². The van der Waals surface area contributed by atoms with Gasteiger partial charge in [-0.15, -0.1) is 24.2 Å². The van der Waals surface area contributed by atoms with Crippen molar-refractivity contribution < 1.29 is 9.18 Å². The van der Waals surface area contributed by atoms with Gasteiger partial charge in [-0.3, -0.25) is 9.69 Å². The molecule has 0 N–H and O–H groups in total. The first-order valence-corrected chi connectivity index (χ1v) is 11.0. The Bertz CT molecular complexity index is 964. The number of amides is 1. The normalized spacial score (nSPS) is 10.9. The molecule has 4 nitrogen and oxygen atoms in total. The summed E-state index contributed by atoms with van der Waals surface area (Å²) in [4.78, 5) is 22.6. The summed E-state index contributed by atoms with van der Waals surface area (Å²) >= 11 is 3.05. The maximum Gasteiger partial charge on any atom is 0.260 e. The summed E-state index contributed by atoms with van der Waals surface area (Å²) in [7, 11) is 4.01. The Labute approximate surface area is 185 Å². The molecule has 1 amide bonds. The molecule has 0 radical (unpaired) electrons. The Morgan fingerprint density at radius 3 is 2.62 bits per heavy atom. The molecular weight excluding hydrogens is 429 g/mol. The third kappa shape index (κ3) is 5.92. The van der Waals surface area contributed by atoms with Gasteiger partial charge < -0.3 is 4.90 Å². The van der Waals surface area contributed by atoms with Gasteiger partial charge in [0, 0.05) is 17.0 Å². The van der Waals surface area contributed by atoms with E-state index >= 15 is 0 Å². The fraction of sp³-hybridized carbons (Fsp3) is 0.333. The average molecular weight is 454 g/mol. The second-order valence-corrected chi connectivity index (χ2v) is 9.00. The van der Waals surface area contributed by atoms with E-state index in [4.69, 9.17) is 0 Å². The van der Waals surface area contributed by atoms with E-state index in [-0.39, 0.29) is 24.1 Å². The van der Waals surface area contributed by atoms with Gasteiger partial charge in [-0.25, -0.2) is 9.37 Å². The highest BCUT2D eigenvalue weighted by atomic mass is 35.5. The number of anilines is 1. The molecule has 0 spiro atoms. The molecule has 156 valence electrons. The Hall–Kier alpha value is -1.67. The minimum atomic E-state index is -0.359. The maximum atomic E-state index is 14.1. The van der Waals surface area contributed by atoms with E-state index in [1.807, 2.05) is 44.4 Å². The molecule has 0 atom stereocenters. The van der Waals surface area contributed by atoms with Gasteiger partial charge in [-0.2, -0.15) is 0 Å². The van der Waals surface area contributed by atoms with Crippen LogP contribution >= 0.6 is 35.5 Å². The van der Waals surface area contributed by atoms with Gasteiger partial charge >= 0.3 is 0 Å². The summed E-state index contributed by atoms with van der Waals surface area (Å²) in [5, 5.41) is 0.539. The summed E-state index contributed by atoms with van der Waals surface area (Å²) in [6, 6.07) is 12.6. The van der Waals surface area contributed by atoms with Crippen molar-refractivity contribution in [2.45, 2.75) is 18.2 Å². The quantitative estimate of drug-likeness (QED) is 0.418. The number of hydrogen-bond donors (Lipinski definition) is 0. The summed E-state index contributed by atoms with van der Waals surface area (Å²) in [5.41, 5.74) is 0.950. The van der Waals surface area contributed by atoms with Crippen LogP contribution in [0, 0.1) is 5.82 Å². The second-order valence-electron chi connectivity index (χ2n) is 6.66. The highest BCUT2D eigenvalue weighted by Gasteiger charge is 2.22. The van der Waals surface area contributed by atoms with Gasteiger partial charge in [0.2, 0.25) is 0 Å². The number of thioether (sulfide) groups is 1. The van der Waals surface area contributed by atoms with Crippen LogP contribution in [-0.2, 0) is 0 Å². The zero-order chi connectivity index (χ0) is 20.1. The molecule has 0 saturated heterocycles. The Morgan fingerprint density at radius 1 is 1.17 bits per heavy atom. The fourth-order valence-electron chi connectivity index (χ4n) is 2.89. The zero-order valence-electron chi connectivity index (χ0n) is 16.7. The minimum Gasteiger partial charge on any atom is -0.309 e. The average Bonchev–Trinajstić information content (AvgIpc) is 3.10. The Balaban J connectivity index is 0.00000300. The number of rotatable bonds is 8. The topological polar surface area (TPSA) is 36.4 Å². The highest BCUT2D eigenvalue weighted by molar-refractivity contribution is 7.99. The van der Waals surface area contributed by atoms with Crippen LogP contribution < -0.4 is 4.90 Å². The standard InChI is InChI=1S/C21H24FN3OS2.ClH/c1-4-27-16-9-5-8-15(14-16)20(26)25(13-7-12-24(2)3)21-23-19-17(22)10-6-11-18(19)28-21;/h5-6,8-11,14H,4,7,12-13H2,1-3H3;1H. The molecule has 1 heterocycles. The second kappa shape index (κ2) is 10.9. The third-order valence-corrected chi connectivity index (χ3v) is 6.13. The van der Waals surface area contributed by atoms with Gasteiger partial charge in [0.1, 0.15) is 11.3 Å². The molecule has 0 fully saturated rings. The van der Waals surface area contributed by atoms with E-state index in [0.29, 0.717) is 22.8 Å². The molecule has 0 aliphatic rings. The van der Waals surface area contributed by atoms with Gasteiger partial charge in [0.05, 0.1) is 4.70 Å². The van der Waals surface area contributed by atoms with Crippen LogP contribution in [0.15, 0.2) is 47.4 Å². The number of thiazole rings is 1. The number of fused-ring (bicyclic) bond motifs is 1. The van der Waals surface area contributed by atoms with Crippen molar-refractivity contribution in [3.63, 3.8) is 0 Å². The van der Waals surface area contributed by atoms with E-state index in [2.05, 4.69) is 16.8 Å². The van der Waals surface area contributed by atoms with Crippen molar-refractivity contribution >= 4 is 56.8 Å². The highest BCUT2D eigenvalue weighted by Crippen LogP contribution is 2.31. The molecule has 3 rings (SSSR count). The number of aromatic nitrogens is 1. The van der Waals surface area contributed by atoms with Crippen molar-refractivity contribution in [2.24, 2.45) is 0 Å². The van der Waals surface area contributed by atoms with E-state index in [9.17, 15) is 9.18 Å². The van der Waals surface area contributed by atoms with Crippen molar-refractivity contribution in [2.75, 3.05) is 37.8 Å². The van der Waals surface area contributed by atoms with Crippen LogP contribution in [0.1, 0.15) is 23.7 Å². The lowest BCUT2D eigenvalue weighted by Gasteiger charge is -2.21. The largest absolute Gasteiger partial charge is 0.309 e. The molecule has 0 aliphatic heterocycles. The number of nitrogens with zero attached hydrogens (tertiary/aromatic N) is 3. The van der Waals surface area contributed by atoms with Crippen LogP contribution in [0.3, 0.4) is 0 Å². The summed E-state index contributed by atoms with van der Waals surface area (Å²) in [6.07, 6.45) is 0.806. The van der Waals surface area contributed by atoms with Crippen LogP contribution in [0.5, 0.6) is 0 Å². The molecular formula is C21H25ClFN3OS2. The Kier molecular flexibility index (Phi) is 8.89. The smallest absolute Gasteiger partial charge is 0.260 e. The molecule has 0 unspecified atom stereocenters. The minimum absolute atomic E-state index is 0. The molecule has 1 aromatic heterocycles. The van der Waals surface area contributed by atoms with E-state index < -0.39 is 0 Å². The van der Waals surface area contributed by atoms with Gasteiger partial charge in [0.25, 0.3) is 5.91 Å². The van der Waals surface area contributed by atoms with E-state index in [0.717, 1.165) is 28.3 Å². The SMILES string of the molecule is CCSc1cccc(C(=O)N(CCCN(C)C)c2nc3c(F)cccc3s2)c1.Cl. The first-order valence-electron chi connectivity index (χ1n) is 9.24. The lowest BCUT2D eigenvalue weighted by molar-refractivity contribution is 0.0986. The summed E-state index contributed by atoms with van der Waals surface area (Å²) < 4.78 is 14.9. The van der Waals surface area contributed by atoms with Gasteiger partial charge in [0.15, 0.2) is 5.13 Å². The van der Waals surface area contributed by atoms with Gasteiger partial charge in [-0.05, 0) is 63.1 Å². The monoisotopic (exact) mass is 453 g/mol. The zero-order valence-corrected chi connectivity index (χ0v) is 19.2. The molecule has 29 heavy (non-hydrogen) atoms. The van der Waals surface area contributed by atoms with Crippen LogP contribution in [0.25, 0.3) is 10.2 Å². The molecule has 3 aromatic rings. The first kappa shape index (κ1) is 23.6. The number of carbonyl (C=O) groups excluding carboxylic acids is 1. The first-order chi connectivity index (χ1) is 13.5. The number of hydrogen-bond acceptors (Lipinski definition) is 5. The van der Waals surface area contributed by atoms with Crippen molar-refractivity contribution in [3.8, 4) is 0 Å². The molecule has 8 heteroatoms. The van der Waals surface area contributed by atoms with Crippen LogP contribution in [-0.4, -0.2) is 48.7 Å². The fourth-order valence-corrected chi connectivity index (χ4v) is 4.61. The summed E-state index contributed by atoms with van der Waals surface area (Å²) in [5.74, 6) is 0.486. The Morgan fingerprint density at radius 2 is 1.93 bits per heavy atom. The lowest BCUT2D eigenvalue weighted by atomic mass is 10.2. The molecule has 0 aliphatic carbocycles. The van der Waals surface area contributed by atoms with Crippen LogP contribution in [0.4, 0.5) is 9.52 Å². The van der Waals surface area contributed by atoms with Crippen molar-refractivity contribution in [1.29, 1.82) is 0 Å². The molecule has 0 bridgehead atoms. The summed E-state index contributed by atoms with van der Waals surface area (Å²) in [6.45, 7) is 3.47. The predicted octanol–water partition coefficient (Wildman–Crippen LogP) is 5.57. The molecule has 2 aromatic carbocycles. The molecule has 0 saturated carbocycles. The van der Waals surface area contributed by atoms with Gasteiger partial charge in [-0.1, -0.05) is 30.4 Å². The number of benzene rings is 2. The van der Waals surface area contributed by atoms with Crippen molar-refractivity contribution in [1.82, 2.24) is 9.88 Å². The number of carbonyl (C=O) groups is 1. The number of halogens is 2. The van der Waals surface area contributed by atoms with E-state index in [1.54, 1.807) is 22.7 Å². The maximum absolute atomic E-state index is 14.1. The van der Waals surface area contributed by atoms with Crippen molar-refractivity contribution in [3.05, 3.63) is 53.8 Å². The predicted molar refractivity (Wildman–Crippen MR) is 125 cm³/mol. The van der Waals surface area contributed by atoms with E-state index in [1.165, 1.54) is 17.4 Å². The number of para-hydroxylation sites is 1. The lowest BCUT2D eigenvalue weighted by Crippen LogP contribution is -2.33. The third-order valence-electron chi connectivity index (χ3n) is 4.21.